The fraction of sp³-hybridized carbons (Fsp3) is 0.458. The molecule has 0 saturated heterocycles. The second-order valence-electron chi connectivity index (χ2n) is 7.55. The zero-order valence-corrected chi connectivity index (χ0v) is 17.5. The molecule has 3 rings (SSSR count). The van der Waals surface area contributed by atoms with Crippen molar-refractivity contribution in [1.29, 1.82) is 0 Å². The van der Waals surface area contributed by atoms with E-state index in [1.165, 1.54) is 5.56 Å². The minimum absolute atomic E-state index is 0.126. The maximum Gasteiger partial charge on any atom is 0.220 e. The maximum absolute atomic E-state index is 12.2. The number of fused-ring (bicyclic) bond motifs is 1. The van der Waals surface area contributed by atoms with Crippen molar-refractivity contribution in [2.24, 2.45) is 0 Å². The Balaban J connectivity index is 1.45. The number of aryl methyl sites for hydroxylation is 1. The van der Waals surface area contributed by atoms with E-state index in [0.717, 1.165) is 56.0 Å². The molecule has 1 heterocycles. The van der Waals surface area contributed by atoms with Gasteiger partial charge in [0.25, 0.3) is 0 Å². The van der Waals surface area contributed by atoms with E-state index >= 15 is 0 Å². The lowest BCUT2D eigenvalue weighted by molar-refractivity contribution is -0.121. The highest BCUT2D eigenvalue weighted by Crippen LogP contribution is 2.29. The van der Waals surface area contributed by atoms with Crippen LogP contribution in [-0.4, -0.2) is 43.7 Å². The lowest BCUT2D eigenvalue weighted by atomic mass is 10.1. The fourth-order valence-corrected chi connectivity index (χ4v) is 3.65. The molecule has 2 aromatic carbocycles. The van der Waals surface area contributed by atoms with Crippen LogP contribution >= 0.6 is 0 Å². The second-order valence-corrected chi connectivity index (χ2v) is 7.55. The zero-order chi connectivity index (χ0) is 20.5. The molecule has 1 aliphatic heterocycles. The number of benzene rings is 2. The molecule has 0 fully saturated rings. The monoisotopic (exact) mass is 396 g/mol. The predicted molar refractivity (Wildman–Crippen MR) is 115 cm³/mol. The van der Waals surface area contributed by atoms with Gasteiger partial charge in [-0.3, -0.25) is 9.69 Å². The molecule has 0 aromatic heterocycles. The Morgan fingerprint density at radius 3 is 2.83 bits per heavy atom. The van der Waals surface area contributed by atoms with Gasteiger partial charge in [0.15, 0.2) is 0 Å². The number of ether oxygens (including phenoxy) is 2. The molecule has 0 spiro atoms. The van der Waals surface area contributed by atoms with E-state index in [1.54, 1.807) is 7.11 Å². The molecule has 1 aliphatic rings. The number of rotatable bonds is 9. The normalized spacial score (nSPS) is 16.4. The van der Waals surface area contributed by atoms with Gasteiger partial charge in [0.05, 0.1) is 7.11 Å². The van der Waals surface area contributed by atoms with Crippen molar-refractivity contribution in [3.63, 3.8) is 0 Å². The van der Waals surface area contributed by atoms with Crippen LogP contribution in [0.2, 0.25) is 0 Å². The first-order chi connectivity index (χ1) is 14.2. The Kier molecular flexibility index (Phi) is 7.94. The van der Waals surface area contributed by atoms with Gasteiger partial charge in [-0.25, -0.2) is 0 Å². The van der Waals surface area contributed by atoms with Crippen LogP contribution in [-0.2, 0) is 17.8 Å². The summed E-state index contributed by atoms with van der Waals surface area (Å²) >= 11 is 0. The average molecular weight is 397 g/mol. The number of carbonyl (C=O) groups is 1. The van der Waals surface area contributed by atoms with Crippen LogP contribution in [0.15, 0.2) is 48.5 Å². The number of hydrogen-bond acceptors (Lipinski definition) is 4. The Hall–Kier alpha value is -2.53. The number of hydrogen-bond donors (Lipinski definition) is 1. The van der Waals surface area contributed by atoms with Crippen molar-refractivity contribution in [3.05, 3.63) is 59.7 Å². The number of nitrogens with zero attached hydrogens (tertiary/aromatic N) is 1. The van der Waals surface area contributed by atoms with Crippen molar-refractivity contribution in [3.8, 4) is 11.5 Å². The molecule has 0 unspecified atom stereocenters. The third-order valence-electron chi connectivity index (χ3n) is 5.33. The molecular weight excluding hydrogens is 364 g/mol. The highest BCUT2D eigenvalue weighted by Gasteiger charge is 2.22. The van der Waals surface area contributed by atoms with E-state index in [4.69, 9.17) is 9.47 Å². The quantitative estimate of drug-likeness (QED) is 0.700. The topological polar surface area (TPSA) is 50.8 Å². The van der Waals surface area contributed by atoms with Gasteiger partial charge in [-0.2, -0.15) is 0 Å². The van der Waals surface area contributed by atoms with E-state index in [0.29, 0.717) is 13.0 Å². The maximum atomic E-state index is 12.2. The lowest BCUT2D eigenvalue weighted by Crippen LogP contribution is -2.38. The van der Waals surface area contributed by atoms with Crippen LogP contribution in [0, 0.1) is 0 Å². The highest BCUT2D eigenvalue weighted by molar-refractivity contribution is 5.75. The van der Waals surface area contributed by atoms with E-state index in [9.17, 15) is 4.79 Å². The molecule has 5 nitrogen and oxygen atoms in total. The number of amides is 1. The van der Waals surface area contributed by atoms with Gasteiger partial charge in [-0.15, -0.1) is 0 Å². The molecule has 1 atom stereocenters. The van der Waals surface area contributed by atoms with Gasteiger partial charge >= 0.3 is 0 Å². The van der Waals surface area contributed by atoms with Crippen LogP contribution in [0.1, 0.15) is 37.3 Å². The predicted octanol–water partition coefficient (Wildman–Crippen LogP) is 3.81. The summed E-state index contributed by atoms with van der Waals surface area (Å²) in [6.07, 6.45) is 3.49. The Bertz CT molecular complexity index is 779. The van der Waals surface area contributed by atoms with Crippen LogP contribution in [0.5, 0.6) is 11.5 Å². The van der Waals surface area contributed by atoms with Crippen LogP contribution in [0.25, 0.3) is 0 Å². The van der Waals surface area contributed by atoms with Gasteiger partial charge < -0.3 is 14.8 Å². The highest BCUT2D eigenvalue weighted by atomic mass is 16.5. The minimum atomic E-state index is 0.126. The van der Waals surface area contributed by atoms with Crippen molar-refractivity contribution < 1.29 is 14.3 Å². The number of nitrogens with one attached hydrogen (secondary N) is 1. The van der Waals surface area contributed by atoms with Gasteiger partial charge in [0.1, 0.15) is 17.6 Å². The molecular formula is C24H32N2O3. The summed E-state index contributed by atoms with van der Waals surface area (Å²) in [5.74, 6) is 1.90. The fourth-order valence-electron chi connectivity index (χ4n) is 3.65. The van der Waals surface area contributed by atoms with Crippen LogP contribution in [0.3, 0.4) is 0 Å². The zero-order valence-electron chi connectivity index (χ0n) is 17.5. The molecule has 1 amide bonds. The summed E-state index contributed by atoms with van der Waals surface area (Å²) in [7, 11) is 1.68. The molecule has 0 radical (unpaired) electrons. The SMILES string of the molecule is CC[C@H]1CN(CCNC(=O)CCCc2ccccc2)Cc2cc(OC)ccc2O1. The van der Waals surface area contributed by atoms with Crippen LogP contribution in [0.4, 0.5) is 0 Å². The average Bonchev–Trinajstić information content (AvgIpc) is 2.92. The third kappa shape index (κ3) is 6.50. The Labute approximate surface area is 174 Å². The Morgan fingerprint density at radius 2 is 2.07 bits per heavy atom. The molecule has 29 heavy (non-hydrogen) atoms. The Morgan fingerprint density at radius 1 is 1.24 bits per heavy atom. The van der Waals surface area contributed by atoms with Gasteiger partial charge in [-0.05, 0) is 43.0 Å². The largest absolute Gasteiger partial charge is 0.497 e. The van der Waals surface area contributed by atoms with Crippen molar-refractivity contribution in [2.45, 2.75) is 45.3 Å². The summed E-state index contributed by atoms with van der Waals surface area (Å²) in [6.45, 7) is 5.26. The van der Waals surface area contributed by atoms with Gasteiger partial charge in [0.2, 0.25) is 5.91 Å². The first kappa shape index (κ1) is 21.2. The number of methoxy groups -OCH3 is 1. The van der Waals surface area contributed by atoms with E-state index in [1.807, 2.05) is 36.4 Å². The molecule has 1 N–H and O–H groups in total. The van der Waals surface area contributed by atoms with E-state index in [-0.39, 0.29) is 12.0 Å². The van der Waals surface area contributed by atoms with Gasteiger partial charge in [0, 0.05) is 38.2 Å². The minimum Gasteiger partial charge on any atom is -0.497 e. The standard InChI is InChI=1S/C24H32N2O3/c1-3-21-18-26(17-20-16-22(28-2)12-13-23(20)29-21)15-14-25-24(27)11-7-10-19-8-5-4-6-9-19/h4-6,8-9,12-13,16,21H,3,7,10-11,14-15,17-18H2,1-2H3,(H,25,27)/t21-/m0/s1. The summed E-state index contributed by atoms with van der Waals surface area (Å²) < 4.78 is 11.5. The summed E-state index contributed by atoms with van der Waals surface area (Å²) in [5, 5.41) is 3.07. The number of carbonyl (C=O) groups excluding carboxylic acids is 1. The summed E-state index contributed by atoms with van der Waals surface area (Å²) in [5.41, 5.74) is 2.42. The lowest BCUT2D eigenvalue weighted by Gasteiger charge is -2.23. The van der Waals surface area contributed by atoms with Crippen molar-refractivity contribution >= 4 is 5.91 Å². The molecule has 5 heteroatoms. The van der Waals surface area contributed by atoms with Crippen molar-refractivity contribution in [1.82, 2.24) is 10.2 Å². The summed E-state index contributed by atoms with van der Waals surface area (Å²) in [4.78, 5) is 14.5. The third-order valence-corrected chi connectivity index (χ3v) is 5.33. The first-order valence-electron chi connectivity index (χ1n) is 10.5. The summed E-state index contributed by atoms with van der Waals surface area (Å²) in [6, 6.07) is 16.3. The van der Waals surface area contributed by atoms with Crippen molar-refractivity contribution in [2.75, 3.05) is 26.7 Å². The van der Waals surface area contributed by atoms with E-state index < -0.39 is 0 Å². The molecule has 0 aliphatic carbocycles. The van der Waals surface area contributed by atoms with Crippen LogP contribution < -0.4 is 14.8 Å². The molecule has 156 valence electrons. The molecule has 0 saturated carbocycles. The molecule has 2 aromatic rings. The van der Waals surface area contributed by atoms with E-state index in [2.05, 4.69) is 29.3 Å². The second kappa shape index (κ2) is 10.9. The first-order valence-corrected chi connectivity index (χ1v) is 10.5. The smallest absolute Gasteiger partial charge is 0.220 e. The molecule has 0 bridgehead atoms. The van der Waals surface area contributed by atoms with Gasteiger partial charge in [-0.1, -0.05) is 37.3 Å².